The molecule has 8 heteroatoms. The number of aromatic nitrogens is 1. The molecule has 0 bridgehead atoms. The maximum absolute atomic E-state index is 13.7. The van der Waals surface area contributed by atoms with Crippen molar-refractivity contribution in [2.24, 2.45) is 5.16 Å². The Balaban J connectivity index is 1.45. The number of oxime groups is 1. The van der Waals surface area contributed by atoms with Gasteiger partial charge in [0.1, 0.15) is 5.71 Å². The van der Waals surface area contributed by atoms with Crippen LogP contribution in [0, 0.1) is 6.92 Å². The van der Waals surface area contributed by atoms with E-state index in [0.717, 1.165) is 45.2 Å². The number of rotatable bonds is 11. The number of ketones is 2. The molecule has 4 aromatic carbocycles. The Labute approximate surface area is 259 Å². The van der Waals surface area contributed by atoms with Crippen LogP contribution in [0.15, 0.2) is 90.1 Å². The van der Waals surface area contributed by atoms with Gasteiger partial charge in [-0.3, -0.25) is 9.59 Å². The second kappa shape index (κ2) is 13.4. The van der Waals surface area contributed by atoms with E-state index in [1.54, 1.807) is 17.8 Å². The molecular formula is C35H31ClN2O4S. The Kier molecular flexibility index (Phi) is 9.43. The van der Waals surface area contributed by atoms with Crippen molar-refractivity contribution in [2.75, 3.05) is 5.75 Å². The number of fused-ring (bicyclic) bond motifs is 3. The molecule has 0 aliphatic carbocycles. The quantitative estimate of drug-likeness (QED) is 0.0493. The maximum atomic E-state index is 13.7. The number of aryl methyl sites for hydroxylation is 2. The van der Waals surface area contributed by atoms with E-state index in [1.807, 2.05) is 85.8 Å². The van der Waals surface area contributed by atoms with Gasteiger partial charge < -0.3 is 9.40 Å². The molecule has 0 amide bonds. The Morgan fingerprint density at radius 3 is 2.19 bits per heavy atom. The SMILES string of the molecule is CCn1c2ccc(C(=O)C(CCSCc3ccc(Cl)cc3)=NOC(C)=O)cc2c2cc(C(=O)c3ccccc3C)ccc21. The Morgan fingerprint density at radius 1 is 0.884 bits per heavy atom. The molecular weight excluding hydrogens is 580 g/mol. The predicted octanol–water partition coefficient (Wildman–Crippen LogP) is 8.43. The van der Waals surface area contributed by atoms with Crippen molar-refractivity contribution in [3.8, 4) is 0 Å². The Morgan fingerprint density at radius 2 is 1.53 bits per heavy atom. The lowest BCUT2D eigenvalue weighted by Crippen LogP contribution is -2.17. The number of hydrogen-bond donors (Lipinski definition) is 0. The second-order valence-electron chi connectivity index (χ2n) is 10.2. The average molecular weight is 611 g/mol. The van der Waals surface area contributed by atoms with Crippen LogP contribution >= 0.6 is 23.4 Å². The van der Waals surface area contributed by atoms with Crippen molar-refractivity contribution in [1.29, 1.82) is 0 Å². The van der Waals surface area contributed by atoms with Crippen LogP contribution in [0.5, 0.6) is 0 Å². The molecule has 0 atom stereocenters. The second-order valence-corrected chi connectivity index (χ2v) is 11.8. The standard InChI is InChI=1S/C35H31ClN2O4S/c1-4-38-32-15-11-25(34(40)28-8-6-5-7-22(28)2)19-29(32)30-20-26(12-16-33(30)38)35(41)31(37-42-23(3)39)17-18-43-21-24-9-13-27(36)14-10-24/h5-16,19-20H,4,17-18,21H2,1-3H3. The largest absolute Gasteiger partial charge is 0.341 e. The number of carbonyl (C=O) groups is 3. The summed E-state index contributed by atoms with van der Waals surface area (Å²) < 4.78 is 2.17. The van der Waals surface area contributed by atoms with Gasteiger partial charge in [0, 0.05) is 69.2 Å². The average Bonchev–Trinajstić information content (AvgIpc) is 3.33. The molecule has 0 saturated heterocycles. The summed E-state index contributed by atoms with van der Waals surface area (Å²) in [7, 11) is 0. The van der Waals surface area contributed by atoms with Crippen LogP contribution in [0.4, 0.5) is 0 Å². The minimum Gasteiger partial charge on any atom is -0.341 e. The fourth-order valence-corrected chi connectivity index (χ4v) is 6.17. The summed E-state index contributed by atoms with van der Waals surface area (Å²) in [6.45, 7) is 5.97. The monoisotopic (exact) mass is 610 g/mol. The highest BCUT2D eigenvalue weighted by Gasteiger charge is 2.20. The van der Waals surface area contributed by atoms with E-state index < -0.39 is 5.97 Å². The van der Waals surface area contributed by atoms with E-state index >= 15 is 0 Å². The van der Waals surface area contributed by atoms with Crippen molar-refractivity contribution in [3.63, 3.8) is 0 Å². The zero-order valence-electron chi connectivity index (χ0n) is 24.2. The summed E-state index contributed by atoms with van der Waals surface area (Å²) in [4.78, 5) is 43.6. The van der Waals surface area contributed by atoms with E-state index in [-0.39, 0.29) is 17.3 Å². The summed E-state index contributed by atoms with van der Waals surface area (Å²) in [5, 5.41) is 6.38. The lowest BCUT2D eigenvalue weighted by atomic mass is 9.97. The van der Waals surface area contributed by atoms with Gasteiger partial charge in [-0.25, -0.2) is 4.79 Å². The van der Waals surface area contributed by atoms with E-state index in [0.29, 0.717) is 33.9 Å². The van der Waals surface area contributed by atoms with Gasteiger partial charge in [0.2, 0.25) is 5.78 Å². The number of thioether (sulfide) groups is 1. The molecule has 0 radical (unpaired) electrons. The lowest BCUT2D eigenvalue weighted by molar-refractivity contribution is -0.140. The van der Waals surface area contributed by atoms with Gasteiger partial charge >= 0.3 is 5.97 Å². The zero-order valence-corrected chi connectivity index (χ0v) is 25.8. The van der Waals surface area contributed by atoms with E-state index in [2.05, 4.69) is 16.6 Å². The van der Waals surface area contributed by atoms with Gasteiger partial charge in [0.15, 0.2) is 5.78 Å². The van der Waals surface area contributed by atoms with Gasteiger partial charge in [-0.1, -0.05) is 53.2 Å². The predicted molar refractivity (Wildman–Crippen MR) is 175 cm³/mol. The Bertz CT molecular complexity index is 1870. The third-order valence-corrected chi connectivity index (χ3v) is 8.59. The molecule has 43 heavy (non-hydrogen) atoms. The van der Waals surface area contributed by atoms with Crippen molar-refractivity contribution in [1.82, 2.24) is 4.57 Å². The minimum atomic E-state index is -0.591. The number of carbonyl (C=O) groups excluding carboxylic acids is 3. The van der Waals surface area contributed by atoms with Crippen LogP contribution in [-0.2, 0) is 21.9 Å². The van der Waals surface area contributed by atoms with Crippen LogP contribution in [0.2, 0.25) is 5.02 Å². The van der Waals surface area contributed by atoms with Crippen LogP contribution in [0.25, 0.3) is 21.8 Å². The Hall–Kier alpha value is -4.20. The van der Waals surface area contributed by atoms with Gasteiger partial charge in [-0.05, 0) is 79.3 Å². The topological polar surface area (TPSA) is 77.7 Å². The summed E-state index contributed by atoms with van der Waals surface area (Å²) in [6, 6.07) is 26.5. The molecule has 0 saturated carbocycles. The van der Waals surface area contributed by atoms with E-state index in [9.17, 15) is 14.4 Å². The summed E-state index contributed by atoms with van der Waals surface area (Å²) >= 11 is 7.63. The van der Waals surface area contributed by atoms with Gasteiger partial charge in [0.25, 0.3) is 0 Å². The molecule has 0 N–H and O–H groups in total. The van der Waals surface area contributed by atoms with Crippen molar-refractivity contribution in [3.05, 3.63) is 118 Å². The van der Waals surface area contributed by atoms with Gasteiger partial charge in [-0.15, -0.1) is 0 Å². The molecule has 0 spiro atoms. The first-order valence-corrected chi connectivity index (χ1v) is 15.6. The zero-order chi connectivity index (χ0) is 30.5. The molecule has 0 fully saturated rings. The van der Waals surface area contributed by atoms with Crippen LogP contribution in [0.3, 0.4) is 0 Å². The summed E-state index contributed by atoms with van der Waals surface area (Å²) in [5.74, 6) is 0.414. The molecule has 0 aliphatic heterocycles. The third kappa shape index (κ3) is 6.74. The van der Waals surface area contributed by atoms with Crippen LogP contribution < -0.4 is 0 Å². The van der Waals surface area contributed by atoms with Crippen LogP contribution in [-0.4, -0.2) is 33.6 Å². The first-order valence-electron chi connectivity index (χ1n) is 14.0. The molecule has 218 valence electrons. The number of nitrogens with zero attached hydrogens (tertiary/aromatic N) is 2. The molecule has 5 rings (SSSR count). The van der Waals surface area contributed by atoms with Crippen molar-refractivity contribution >= 4 is 68.4 Å². The van der Waals surface area contributed by atoms with Gasteiger partial charge in [-0.2, -0.15) is 11.8 Å². The highest BCUT2D eigenvalue weighted by molar-refractivity contribution is 7.98. The van der Waals surface area contributed by atoms with Gasteiger partial charge in [0.05, 0.1) is 0 Å². The number of halogens is 1. The van der Waals surface area contributed by atoms with Crippen LogP contribution in [0.1, 0.15) is 57.7 Å². The first-order chi connectivity index (χ1) is 20.8. The molecule has 1 aromatic heterocycles. The molecule has 6 nitrogen and oxygen atoms in total. The summed E-state index contributed by atoms with van der Waals surface area (Å²) in [5.41, 5.74) is 5.85. The van der Waals surface area contributed by atoms with Crippen molar-refractivity contribution < 1.29 is 19.2 Å². The fraction of sp³-hybridized carbons (Fsp3) is 0.200. The lowest BCUT2D eigenvalue weighted by Gasteiger charge is -2.07. The molecule has 5 aromatic rings. The normalized spacial score (nSPS) is 11.7. The summed E-state index contributed by atoms with van der Waals surface area (Å²) in [6.07, 6.45) is 0.328. The molecule has 1 heterocycles. The number of benzene rings is 4. The maximum Gasteiger partial charge on any atom is 0.331 e. The van der Waals surface area contributed by atoms with E-state index in [4.69, 9.17) is 16.4 Å². The van der Waals surface area contributed by atoms with Crippen molar-refractivity contribution in [2.45, 2.75) is 39.5 Å². The molecule has 0 unspecified atom stereocenters. The van der Waals surface area contributed by atoms with E-state index in [1.165, 1.54) is 6.92 Å². The smallest absolute Gasteiger partial charge is 0.331 e. The number of Topliss-reactive ketones (excluding diaryl/α,β-unsaturated/α-hetero) is 1. The highest BCUT2D eigenvalue weighted by Crippen LogP contribution is 2.32. The number of hydrogen-bond acceptors (Lipinski definition) is 6. The highest BCUT2D eigenvalue weighted by atomic mass is 35.5. The first kappa shape index (κ1) is 30.3. The third-order valence-electron chi connectivity index (χ3n) is 7.31. The fourth-order valence-electron chi connectivity index (χ4n) is 5.14. The molecule has 0 aliphatic rings. The minimum absolute atomic E-state index is 0.0449.